The van der Waals surface area contributed by atoms with Crippen LogP contribution in [0.1, 0.15) is 25.3 Å². The molecule has 2 heterocycles. The number of thioether (sulfide) groups is 1. The molecular weight excluding hydrogens is 443 g/mol. The van der Waals surface area contributed by atoms with E-state index in [1.165, 1.54) is 11.8 Å². The highest BCUT2D eigenvalue weighted by atomic mass is 32.2. The van der Waals surface area contributed by atoms with Crippen molar-refractivity contribution in [3.05, 3.63) is 54.4 Å². The number of carbonyl (C=O) groups excluding carboxylic acids is 1. The molecule has 0 fully saturated rings. The van der Waals surface area contributed by atoms with Crippen molar-refractivity contribution < 1.29 is 22.7 Å². The summed E-state index contributed by atoms with van der Waals surface area (Å²) in [7, 11) is 0. The Hall–Kier alpha value is -3.08. The zero-order valence-corrected chi connectivity index (χ0v) is 18.3. The SMILES string of the molecule is CC(C)c1ccccc1-n1c(SCCNC(=O)OCC(F)(F)F)nnc1-c1cccnc1. The number of para-hydroxylation sites is 1. The third-order valence-corrected chi connectivity index (χ3v) is 5.25. The average molecular weight is 466 g/mol. The van der Waals surface area contributed by atoms with Crippen LogP contribution < -0.4 is 5.32 Å². The van der Waals surface area contributed by atoms with Crippen molar-refractivity contribution in [2.24, 2.45) is 0 Å². The minimum Gasteiger partial charge on any atom is -0.440 e. The maximum Gasteiger partial charge on any atom is 0.422 e. The molecule has 32 heavy (non-hydrogen) atoms. The summed E-state index contributed by atoms with van der Waals surface area (Å²) in [6, 6.07) is 11.6. The highest BCUT2D eigenvalue weighted by Gasteiger charge is 2.29. The van der Waals surface area contributed by atoms with Gasteiger partial charge in [-0.15, -0.1) is 10.2 Å². The summed E-state index contributed by atoms with van der Waals surface area (Å²) in [5.74, 6) is 1.22. The van der Waals surface area contributed by atoms with Gasteiger partial charge in [0.25, 0.3) is 0 Å². The van der Waals surface area contributed by atoms with E-state index in [1.807, 2.05) is 41.0 Å². The van der Waals surface area contributed by atoms with Gasteiger partial charge in [-0.25, -0.2) is 4.79 Å². The first-order chi connectivity index (χ1) is 15.3. The minimum absolute atomic E-state index is 0.0995. The molecule has 170 valence electrons. The van der Waals surface area contributed by atoms with Crippen LogP contribution in [0.5, 0.6) is 0 Å². The summed E-state index contributed by atoms with van der Waals surface area (Å²) < 4.78 is 42.5. The van der Waals surface area contributed by atoms with Crippen molar-refractivity contribution in [1.29, 1.82) is 0 Å². The number of benzene rings is 1. The Balaban J connectivity index is 1.79. The van der Waals surface area contributed by atoms with Gasteiger partial charge in [-0.05, 0) is 29.7 Å². The molecule has 0 aliphatic heterocycles. The topological polar surface area (TPSA) is 81.9 Å². The van der Waals surface area contributed by atoms with Crippen molar-refractivity contribution in [3.63, 3.8) is 0 Å². The Morgan fingerprint density at radius 2 is 1.97 bits per heavy atom. The number of aromatic nitrogens is 4. The van der Waals surface area contributed by atoms with E-state index in [-0.39, 0.29) is 12.5 Å². The standard InChI is InChI=1S/C21H22F3N5O2S/c1-14(2)16-7-3-4-8-17(16)29-18(15-6-5-9-25-12-15)27-28-19(29)32-11-10-26-20(30)31-13-21(22,23)24/h3-9,12,14H,10-11,13H2,1-2H3,(H,26,30). The van der Waals surface area contributed by atoms with Gasteiger partial charge in [-0.2, -0.15) is 13.2 Å². The summed E-state index contributed by atoms with van der Waals surface area (Å²) in [5.41, 5.74) is 2.82. The molecule has 0 bridgehead atoms. The van der Waals surface area contributed by atoms with Crippen molar-refractivity contribution in [1.82, 2.24) is 25.1 Å². The predicted octanol–water partition coefficient (Wildman–Crippen LogP) is 4.83. The maximum atomic E-state index is 12.1. The maximum absolute atomic E-state index is 12.1. The van der Waals surface area contributed by atoms with Crippen LogP contribution in [0, 0.1) is 0 Å². The van der Waals surface area contributed by atoms with E-state index < -0.39 is 18.9 Å². The molecule has 1 N–H and O–H groups in total. The number of rotatable bonds is 8. The van der Waals surface area contributed by atoms with Gasteiger partial charge in [0, 0.05) is 30.3 Å². The summed E-state index contributed by atoms with van der Waals surface area (Å²) >= 11 is 1.32. The Bertz CT molecular complexity index is 1040. The summed E-state index contributed by atoms with van der Waals surface area (Å²) in [6.45, 7) is 2.66. The zero-order chi connectivity index (χ0) is 23.1. The number of nitrogens with one attached hydrogen (secondary N) is 1. The molecule has 0 unspecified atom stereocenters. The van der Waals surface area contributed by atoms with Gasteiger partial charge in [0.2, 0.25) is 0 Å². The second kappa shape index (κ2) is 10.5. The monoisotopic (exact) mass is 465 g/mol. The molecule has 0 aliphatic carbocycles. The summed E-state index contributed by atoms with van der Waals surface area (Å²) in [4.78, 5) is 15.6. The van der Waals surface area contributed by atoms with Gasteiger partial charge in [0.05, 0.1) is 5.69 Å². The quantitative estimate of drug-likeness (QED) is 0.379. The normalized spacial score (nSPS) is 11.6. The number of amides is 1. The minimum atomic E-state index is -4.56. The second-order valence-electron chi connectivity index (χ2n) is 7.06. The highest BCUT2D eigenvalue weighted by molar-refractivity contribution is 7.99. The van der Waals surface area contributed by atoms with Crippen LogP contribution in [0.2, 0.25) is 0 Å². The Kier molecular flexibility index (Phi) is 7.73. The first-order valence-electron chi connectivity index (χ1n) is 9.81. The van der Waals surface area contributed by atoms with Gasteiger partial charge < -0.3 is 10.1 Å². The lowest BCUT2D eigenvalue weighted by molar-refractivity contribution is -0.160. The Labute approximate surface area is 187 Å². The fourth-order valence-corrected chi connectivity index (χ4v) is 3.73. The molecule has 3 aromatic rings. The van der Waals surface area contributed by atoms with Crippen LogP contribution in [-0.4, -0.2) is 50.9 Å². The number of carbonyl (C=O) groups is 1. The molecule has 1 amide bonds. The lowest BCUT2D eigenvalue weighted by Crippen LogP contribution is -2.30. The predicted molar refractivity (Wildman–Crippen MR) is 115 cm³/mol. The molecule has 0 spiro atoms. The third kappa shape index (κ3) is 6.22. The number of alkyl halides is 3. The van der Waals surface area contributed by atoms with Crippen LogP contribution >= 0.6 is 11.8 Å². The van der Waals surface area contributed by atoms with E-state index in [4.69, 9.17) is 0 Å². The molecule has 11 heteroatoms. The van der Waals surface area contributed by atoms with Gasteiger partial charge in [-0.3, -0.25) is 9.55 Å². The van der Waals surface area contributed by atoms with Crippen molar-refractivity contribution >= 4 is 17.9 Å². The molecule has 0 radical (unpaired) electrons. The van der Waals surface area contributed by atoms with Gasteiger partial charge in [0.15, 0.2) is 17.6 Å². The number of nitrogens with zero attached hydrogens (tertiary/aromatic N) is 4. The van der Waals surface area contributed by atoms with Crippen molar-refractivity contribution in [2.75, 3.05) is 18.9 Å². The van der Waals surface area contributed by atoms with E-state index in [9.17, 15) is 18.0 Å². The van der Waals surface area contributed by atoms with Crippen LogP contribution in [0.4, 0.5) is 18.0 Å². The molecule has 1 aromatic carbocycles. The average Bonchev–Trinajstić information content (AvgIpc) is 3.19. The fourth-order valence-electron chi connectivity index (χ4n) is 2.94. The number of pyridine rings is 1. The third-order valence-electron chi connectivity index (χ3n) is 4.32. The number of hydrogen-bond donors (Lipinski definition) is 1. The highest BCUT2D eigenvalue weighted by Crippen LogP contribution is 2.31. The molecular formula is C21H22F3N5O2S. The smallest absolute Gasteiger partial charge is 0.422 e. The molecule has 0 saturated heterocycles. The summed E-state index contributed by atoms with van der Waals surface area (Å²) in [6.07, 6.45) is -2.31. The van der Waals surface area contributed by atoms with E-state index in [1.54, 1.807) is 12.4 Å². The van der Waals surface area contributed by atoms with E-state index in [2.05, 4.69) is 39.1 Å². The number of hydrogen-bond acceptors (Lipinski definition) is 6. The molecule has 0 aliphatic rings. The molecule has 0 atom stereocenters. The first kappa shape index (κ1) is 23.6. The van der Waals surface area contributed by atoms with Gasteiger partial charge in [0.1, 0.15) is 0 Å². The lowest BCUT2D eigenvalue weighted by atomic mass is 10.0. The number of ether oxygens (including phenoxy) is 1. The first-order valence-corrected chi connectivity index (χ1v) is 10.8. The van der Waals surface area contributed by atoms with Crippen LogP contribution in [-0.2, 0) is 4.74 Å². The molecule has 0 saturated carbocycles. The largest absolute Gasteiger partial charge is 0.440 e. The Morgan fingerprint density at radius 1 is 1.19 bits per heavy atom. The molecule has 2 aromatic heterocycles. The van der Waals surface area contributed by atoms with Crippen LogP contribution in [0.3, 0.4) is 0 Å². The lowest BCUT2D eigenvalue weighted by Gasteiger charge is -2.17. The van der Waals surface area contributed by atoms with E-state index >= 15 is 0 Å². The fraction of sp³-hybridized carbons (Fsp3) is 0.333. The molecule has 7 nitrogen and oxygen atoms in total. The van der Waals surface area contributed by atoms with Gasteiger partial charge >= 0.3 is 12.3 Å². The zero-order valence-electron chi connectivity index (χ0n) is 17.5. The van der Waals surface area contributed by atoms with Gasteiger partial charge in [-0.1, -0.05) is 43.8 Å². The van der Waals surface area contributed by atoms with Crippen molar-refractivity contribution in [3.8, 4) is 17.1 Å². The number of halogens is 3. The molecule has 3 rings (SSSR count). The van der Waals surface area contributed by atoms with Crippen molar-refractivity contribution in [2.45, 2.75) is 31.1 Å². The Morgan fingerprint density at radius 3 is 2.66 bits per heavy atom. The van der Waals surface area contributed by atoms with E-state index in [0.29, 0.717) is 16.7 Å². The summed E-state index contributed by atoms with van der Waals surface area (Å²) in [5, 5.41) is 11.5. The van der Waals surface area contributed by atoms with Crippen LogP contribution in [0.15, 0.2) is 53.9 Å². The van der Waals surface area contributed by atoms with E-state index in [0.717, 1.165) is 16.8 Å². The second-order valence-corrected chi connectivity index (χ2v) is 8.13. The number of alkyl carbamates (subject to hydrolysis) is 1. The van der Waals surface area contributed by atoms with Crippen LogP contribution in [0.25, 0.3) is 17.1 Å².